The smallest absolute Gasteiger partial charge is 0.317 e. The van der Waals surface area contributed by atoms with E-state index in [0.29, 0.717) is 5.92 Å². The second-order valence-corrected chi connectivity index (χ2v) is 11.7. The van der Waals surface area contributed by atoms with Gasteiger partial charge in [0.15, 0.2) is 0 Å². The fraction of sp³-hybridized carbons (Fsp3) is 0.452. The van der Waals surface area contributed by atoms with E-state index in [1.807, 2.05) is 11.3 Å². The lowest BCUT2D eigenvalue weighted by Gasteiger charge is -2.42. The quantitative estimate of drug-likeness (QED) is 0.375. The van der Waals surface area contributed by atoms with Gasteiger partial charge >= 0.3 is 5.97 Å². The largest absolute Gasteiger partial charge is 0.480 e. The summed E-state index contributed by atoms with van der Waals surface area (Å²) >= 11 is 1.84. The summed E-state index contributed by atoms with van der Waals surface area (Å²) in [6.07, 6.45) is 6.31. The van der Waals surface area contributed by atoms with E-state index < -0.39 is 5.97 Å². The van der Waals surface area contributed by atoms with E-state index in [2.05, 4.69) is 88.0 Å². The first kappa shape index (κ1) is 25.2. The number of hydrogen-bond acceptors (Lipinski definition) is 4. The number of carbonyl (C=O) groups is 1. The molecule has 0 bridgehead atoms. The van der Waals surface area contributed by atoms with Crippen LogP contribution in [-0.4, -0.2) is 60.1 Å². The van der Waals surface area contributed by atoms with Crippen LogP contribution in [0, 0.1) is 5.92 Å². The van der Waals surface area contributed by atoms with E-state index >= 15 is 0 Å². The summed E-state index contributed by atoms with van der Waals surface area (Å²) < 4.78 is 0. The van der Waals surface area contributed by atoms with Crippen molar-refractivity contribution in [1.29, 1.82) is 0 Å². The van der Waals surface area contributed by atoms with Crippen LogP contribution < -0.4 is 0 Å². The first-order valence-corrected chi connectivity index (χ1v) is 14.3. The molecular formula is C31H38N2O2S. The monoisotopic (exact) mass is 502 g/mol. The molecule has 3 aromatic rings. The molecule has 5 rings (SSSR count). The molecule has 2 aliphatic heterocycles. The molecule has 1 aromatic heterocycles. The third-order valence-corrected chi connectivity index (χ3v) is 9.41. The third kappa shape index (κ3) is 5.91. The average molecular weight is 503 g/mol. The van der Waals surface area contributed by atoms with Crippen molar-refractivity contribution in [3.8, 4) is 0 Å². The highest BCUT2D eigenvalue weighted by Crippen LogP contribution is 2.47. The molecule has 0 radical (unpaired) electrons. The fourth-order valence-corrected chi connectivity index (χ4v) is 7.52. The number of carboxylic acid groups (broad SMARTS) is 1. The van der Waals surface area contributed by atoms with Gasteiger partial charge in [-0.05, 0) is 67.3 Å². The van der Waals surface area contributed by atoms with Gasteiger partial charge in [-0.2, -0.15) is 0 Å². The molecule has 0 spiro atoms. The molecule has 0 unspecified atom stereocenters. The van der Waals surface area contributed by atoms with Crippen LogP contribution in [0.25, 0.3) is 0 Å². The minimum atomic E-state index is -0.736. The van der Waals surface area contributed by atoms with Crippen LogP contribution in [-0.2, 0) is 16.6 Å². The second kappa shape index (κ2) is 11.7. The molecule has 4 nitrogen and oxygen atoms in total. The Balaban J connectivity index is 1.28. The van der Waals surface area contributed by atoms with Crippen molar-refractivity contribution in [3.63, 3.8) is 0 Å². The van der Waals surface area contributed by atoms with Crippen LogP contribution in [0.15, 0.2) is 78.2 Å². The number of nitrogens with zero attached hydrogens (tertiary/aromatic N) is 2. The van der Waals surface area contributed by atoms with Crippen LogP contribution in [0.5, 0.6) is 0 Å². The van der Waals surface area contributed by atoms with Gasteiger partial charge in [-0.1, -0.05) is 73.2 Å². The predicted octanol–water partition coefficient (Wildman–Crippen LogP) is 5.90. The molecule has 3 heterocycles. The maximum atomic E-state index is 11.6. The Bertz CT molecular complexity index is 1080. The number of rotatable bonds is 10. The predicted molar refractivity (Wildman–Crippen MR) is 148 cm³/mol. The molecule has 0 amide bonds. The third-order valence-electron chi connectivity index (χ3n) is 8.32. The first-order chi connectivity index (χ1) is 17.6. The molecule has 5 heteroatoms. The van der Waals surface area contributed by atoms with Crippen LogP contribution >= 0.6 is 11.3 Å². The molecule has 2 aliphatic rings. The van der Waals surface area contributed by atoms with Gasteiger partial charge in [0, 0.05) is 35.8 Å². The van der Waals surface area contributed by atoms with Crippen molar-refractivity contribution in [2.75, 3.05) is 39.3 Å². The van der Waals surface area contributed by atoms with Gasteiger partial charge in [0.05, 0.1) is 6.54 Å². The molecule has 2 atom stereocenters. The molecular weight excluding hydrogens is 464 g/mol. The van der Waals surface area contributed by atoms with E-state index in [4.69, 9.17) is 0 Å². The van der Waals surface area contributed by atoms with Crippen LogP contribution in [0.2, 0.25) is 0 Å². The number of benzene rings is 2. The van der Waals surface area contributed by atoms with Gasteiger partial charge in [-0.25, -0.2) is 0 Å². The Hall–Kier alpha value is -2.47. The Morgan fingerprint density at radius 1 is 0.944 bits per heavy atom. The lowest BCUT2D eigenvalue weighted by Crippen LogP contribution is -2.48. The summed E-state index contributed by atoms with van der Waals surface area (Å²) in [7, 11) is 0. The highest BCUT2D eigenvalue weighted by molar-refractivity contribution is 7.10. The normalized spacial score (nSPS) is 23.7. The first-order valence-electron chi connectivity index (χ1n) is 13.4. The maximum absolute atomic E-state index is 11.6. The summed E-state index contributed by atoms with van der Waals surface area (Å²) in [5, 5.41) is 11.8. The highest BCUT2D eigenvalue weighted by atomic mass is 32.1. The summed E-state index contributed by atoms with van der Waals surface area (Å²) in [4.78, 5) is 17.9. The van der Waals surface area contributed by atoms with E-state index in [0.717, 1.165) is 38.6 Å². The lowest BCUT2D eigenvalue weighted by atomic mass is 9.72. The minimum Gasteiger partial charge on any atom is -0.480 e. The second-order valence-electron chi connectivity index (χ2n) is 10.8. The van der Waals surface area contributed by atoms with Crippen LogP contribution in [0.1, 0.15) is 47.6 Å². The molecule has 2 saturated heterocycles. The van der Waals surface area contributed by atoms with Crippen molar-refractivity contribution >= 4 is 17.3 Å². The molecule has 1 N–H and O–H groups in total. The Kier molecular flexibility index (Phi) is 8.20. The average Bonchev–Trinajstić information content (AvgIpc) is 3.55. The van der Waals surface area contributed by atoms with Gasteiger partial charge in [-0.3, -0.25) is 9.69 Å². The SMILES string of the molecule is O=C(O)CN1C[C@@H](c2ccccc2)[C@@](CN2CCC(CCCc3ccccc3)CC2)(c2cccs2)C1. The van der Waals surface area contributed by atoms with E-state index in [1.54, 1.807) is 0 Å². The summed E-state index contributed by atoms with van der Waals surface area (Å²) in [5.74, 6) is 0.375. The van der Waals surface area contributed by atoms with Gasteiger partial charge in [0.25, 0.3) is 0 Å². The topological polar surface area (TPSA) is 43.8 Å². The summed E-state index contributed by atoms with van der Waals surface area (Å²) in [6, 6.07) is 26.1. The summed E-state index contributed by atoms with van der Waals surface area (Å²) in [5.41, 5.74) is 2.70. The van der Waals surface area contributed by atoms with E-state index in [-0.39, 0.29) is 12.0 Å². The number of thiophene rings is 1. The zero-order valence-corrected chi connectivity index (χ0v) is 21.9. The Morgan fingerprint density at radius 3 is 2.33 bits per heavy atom. The Labute approximate surface area is 219 Å². The standard InChI is InChI=1S/C31H38N2O2S/c34-30(35)22-33-21-28(27-13-5-2-6-14-27)31(24-33,29-15-8-20-36-29)23-32-18-16-26(17-19-32)12-7-11-25-9-3-1-4-10-25/h1-6,8-10,13-15,20,26,28H,7,11-12,16-19,21-24H2,(H,34,35)/t28-,31-/m0/s1. The van der Waals surface area contributed by atoms with Crippen molar-refractivity contribution < 1.29 is 9.90 Å². The summed E-state index contributed by atoms with van der Waals surface area (Å²) in [6.45, 7) is 4.99. The van der Waals surface area contributed by atoms with E-state index in [9.17, 15) is 9.90 Å². The highest BCUT2D eigenvalue weighted by Gasteiger charge is 2.50. The number of carboxylic acids is 1. The zero-order chi connectivity index (χ0) is 24.8. The lowest BCUT2D eigenvalue weighted by molar-refractivity contribution is -0.138. The van der Waals surface area contributed by atoms with Gasteiger partial charge in [-0.15, -0.1) is 11.3 Å². The number of likely N-dealkylation sites (tertiary alicyclic amines) is 2. The molecule has 0 aliphatic carbocycles. The number of hydrogen-bond donors (Lipinski definition) is 1. The molecule has 2 aromatic carbocycles. The van der Waals surface area contributed by atoms with Crippen LogP contribution in [0.4, 0.5) is 0 Å². The van der Waals surface area contributed by atoms with Gasteiger partial charge in [0.1, 0.15) is 0 Å². The van der Waals surface area contributed by atoms with Gasteiger partial charge in [0.2, 0.25) is 0 Å². The van der Waals surface area contributed by atoms with Crippen molar-refractivity contribution in [2.45, 2.75) is 43.4 Å². The number of aliphatic carboxylic acids is 1. The maximum Gasteiger partial charge on any atom is 0.317 e. The van der Waals surface area contributed by atoms with Crippen molar-refractivity contribution in [1.82, 2.24) is 9.80 Å². The number of aryl methyl sites for hydroxylation is 1. The van der Waals surface area contributed by atoms with Crippen molar-refractivity contribution in [2.24, 2.45) is 5.92 Å². The van der Waals surface area contributed by atoms with E-state index in [1.165, 1.54) is 48.1 Å². The fourth-order valence-electron chi connectivity index (χ4n) is 6.55. The molecule has 36 heavy (non-hydrogen) atoms. The number of piperidine rings is 1. The van der Waals surface area contributed by atoms with Crippen LogP contribution in [0.3, 0.4) is 0 Å². The Morgan fingerprint density at radius 2 is 1.67 bits per heavy atom. The minimum absolute atomic E-state index is 0.0783. The van der Waals surface area contributed by atoms with Gasteiger partial charge < -0.3 is 10.0 Å². The zero-order valence-electron chi connectivity index (χ0n) is 21.1. The molecule has 0 saturated carbocycles. The van der Waals surface area contributed by atoms with Crippen molar-refractivity contribution in [3.05, 3.63) is 94.2 Å². The molecule has 2 fully saturated rings. The molecule has 190 valence electrons.